The van der Waals surface area contributed by atoms with Crippen LogP contribution < -0.4 is 10.2 Å². The van der Waals surface area contributed by atoms with Crippen LogP contribution in [-0.2, 0) is 4.79 Å². The quantitative estimate of drug-likeness (QED) is 0.906. The minimum Gasteiger partial charge on any atom is -0.313 e. The van der Waals surface area contributed by atoms with Crippen molar-refractivity contribution in [3.05, 3.63) is 29.8 Å². The molecule has 0 spiro atoms. The molecule has 0 radical (unpaired) electrons. The Bertz CT molecular complexity index is 456. The van der Waals surface area contributed by atoms with Crippen molar-refractivity contribution in [3.8, 4) is 0 Å². The lowest BCUT2D eigenvalue weighted by atomic mass is 9.92. The second-order valence-corrected chi connectivity index (χ2v) is 5.71. The Morgan fingerprint density at radius 1 is 1.32 bits per heavy atom. The maximum atomic E-state index is 12.6. The van der Waals surface area contributed by atoms with E-state index in [9.17, 15) is 4.79 Å². The fraction of sp³-hybridized carbons (Fsp3) is 0.562. The first-order chi connectivity index (χ1) is 9.06. The van der Waals surface area contributed by atoms with Gasteiger partial charge in [0.15, 0.2) is 0 Å². The zero-order valence-corrected chi connectivity index (χ0v) is 12.3. The van der Waals surface area contributed by atoms with E-state index in [-0.39, 0.29) is 11.8 Å². The zero-order chi connectivity index (χ0) is 14.0. The summed E-state index contributed by atoms with van der Waals surface area (Å²) in [6.45, 7) is 7.04. The van der Waals surface area contributed by atoms with Crippen molar-refractivity contribution in [1.29, 1.82) is 0 Å². The number of hydrogen-bond donors (Lipinski definition) is 1. The van der Waals surface area contributed by atoms with E-state index >= 15 is 0 Å². The Labute approximate surface area is 116 Å². The normalized spacial score (nSPS) is 20.3. The Kier molecular flexibility index (Phi) is 4.25. The zero-order valence-electron chi connectivity index (χ0n) is 12.3. The van der Waals surface area contributed by atoms with Crippen LogP contribution in [0.3, 0.4) is 0 Å². The number of nitrogens with one attached hydrogen (secondary N) is 1. The Morgan fingerprint density at radius 3 is 2.63 bits per heavy atom. The first-order valence-corrected chi connectivity index (χ1v) is 7.13. The van der Waals surface area contributed by atoms with Crippen molar-refractivity contribution < 1.29 is 4.79 Å². The molecule has 2 rings (SSSR count). The van der Waals surface area contributed by atoms with Crippen molar-refractivity contribution in [2.75, 3.05) is 18.5 Å². The van der Waals surface area contributed by atoms with E-state index in [2.05, 4.69) is 31.3 Å². The number of carbonyl (C=O) groups excluding carboxylic acids is 1. The van der Waals surface area contributed by atoms with Crippen LogP contribution >= 0.6 is 0 Å². The molecule has 0 saturated heterocycles. The second-order valence-electron chi connectivity index (χ2n) is 5.71. The van der Waals surface area contributed by atoms with Crippen molar-refractivity contribution in [2.45, 2.75) is 33.2 Å². The van der Waals surface area contributed by atoms with Gasteiger partial charge in [-0.3, -0.25) is 4.79 Å². The van der Waals surface area contributed by atoms with Crippen LogP contribution in [0.15, 0.2) is 24.3 Å². The number of fused-ring (bicyclic) bond motifs is 1. The van der Waals surface area contributed by atoms with E-state index in [1.54, 1.807) is 0 Å². The topological polar surface area (TPSA) is 32.3 Å². The van der Waals surface area contributed by atoms with Gasteiger partial charge in [0.25, 0.3) is 0 Å². The third-order valence-electron chi connectivity index (χ3n) is 4.25. The second kappa shape index (κ2) is 5.74. The molecule has 1 aliphatic heterocycles. The molecule has 1 aliphatic rings. The number of rotatable bonds is 3. The van der Waals surface area contributed by atoms with E-state index < -0.39 is 0 Å². The highest BCUT2D eigenvalue weighted by Crippen LogP contribution is 2.34. The monoisotopic (exact) mass is 260 g/mol. The molecule has 0 aliphatic carbocycles. The molecular formula is C16H24N2O. The molecule has 1 amide bonds. The van der Waals surface area contributed by atoms with Gasteiger partial charge in [0.05, 0.1) is 0 Å². The number of para-hydroxylation sites is 1. The van der Waals surface area contributed by atoms with Crippen LogP contribution in [0.5, 0.6) is 0 Å². The van der Waals surface area contributed by atoms with Gasteiger partial charge in [-0.2, -0.15) is 0 Å². The molecule has 2 atom stereocenters. The number of benzene rings is 1. The van der Waals surface area contributed by atoms with Crippen molar-refractivity contribution in [3.63, 3.8) is 0 Å². The fourth-order valence-electron chi connectivity index (χ4n) is 2.62. The summed E-state index contributed by atoms with van der Waals surface area (Å²) in [6.07, 6.45) is 0.976. The highest BCUT2D eigenvalue weighted by Gasteiger charge is 2.30. The summed E-state index contributed by atoms with van der Waals surface area (Å²) in [6, 6.07) is 8.59. The molecule has 2 unspecified atom stereocenters. The summed E-state index contributed by atoms with van der Waals surface area (Å²) in [4.78, 5) is 14.6. The van der Waals surface area contributed by atoms with Gasteiger partial charge in [-0.05, 0) is 31.0 Å². The third-order valence-corrected chi connectivity index (χ3v) is 4.25. The molecule has 0 saturated carbocycles. The van der Waals surface area contributed by atoms with E-state index in [0.29, 0.717) is 12.0 Å². The average Bonchev–Trinajstić information content (AvgIpc) is 2.44. The van der Waals surface area contributed by atoms with Crippen molar-refractivity contribution in [2.24, 2.45) is 11.8 Å². The summed E-state index contributed by atoms with van der Waals surface area (Å²) < 4.78 is 0. The average molecular weight is 260 g/mol. The van der Waals surface area contributed by atoms with Crippen LogP contribution in [0.4, 0.5) is 5.69 Å². The molecule has 104 valence electrons. The summed E-state index contributed by atoms with van der Waals surface area (Å²) in [5, 5.41) is 3.33. The standard InChI is InChI=1S/C16H24N2O/c1-11(2)12(3)16(19)18-10-9-14(17-4)13-7-5-6-8-15(13)18/h5-8,11-12,14,17H,9-10H2,1-4H3. The summed E-state index contributed by atoms with van der Waals surface area (Å²) in [5.41, 5.74) is 2.31. The maximum Gasteiger partial charge on any atom is 0.230 e. The van der Waals surface area contributed by atoms with E-state index in [1.165, 1.54) is 5.56 Å². The van der Waals surface area contributed by atoms with Crippen molar-refractivity contribution >= 4 is 11.6 Å². The Morgan fingerprint density at radius 2 is 2.00 bits per heavy atom. The molecule has 1 N–H and O–H groups in total. The molecule has 3 heteroatoms. The van der Waals surface area contributed by atoms with Gasteiger partial charge in [-0.1, -0.05) is 39.0 Å². The minimum absolute atomic E-state index is 0.0687. The lowest BCUT2D eigenvalue weighted by Gasteiger charge is -2.36. The van der Waals surface area contributed by atoms with Crippen LogP contribution in [-0.4, -0.2) is 19.5 Å². The van der Waals surface area contributed by atoms with Gasteiger partial charge in [0.1, 0.15) is 0 Å². The highest BCUT2D eigenvalue weighted by atomic mass is 16.2. The van der Waals surface area contributed by atoms with Gasteiger partial charge in [0, 0.05) is 24.2 Å². The summed E-state index contributed by atoms with van der Waals surface area (Å²) in [7, 11) is 1.98. The van der Waals surface area contributed by atoms with E-state index in [4.69, 9.17) is 0 Å². The van der Waals surface area contributed by atoms with Gasteiger partial charge >= 0.3 is 0 Å². The Hall–Kier alpha value is -1.35. The highest BCUT2D eigenvalue weighted by molar-refractivity contribution is 5.96. The Balaban J connectivity index is 2.32. The first kappa shape index (κ1) is 14.1. The fourth-order valence-corrected chi connectivity index (χ4v) is 2.62. The molecule has 0 aromatic heterocycles. The van der Waals surface area contributed by atoms with E-state index in [1.807, 2.05) is 31.0 Å². The van der Waals surface area contributed by atoms with Gasteiger partial charge in [-0.25, -0.2) is 0 Å². The molecule has 3 nitrogen and oxygen atoms in total. The number of nitrogens with zero attached hydrogens (tertiary/aromatic N) is 1. The number of anilines is 1. The molecule has 1 aromatic rings. The first-order valence-electron chi connectivity index (χ1n) is 7.13. The SMILES string of the molecule is CNC1CCN(C(=O)C(C)C(C)C)c2ccccc21. The molecule has 1 aromatic carbocycles. The minimum atomic E-state index is 0.0687. The van der Waals surface area contributed by atoms with Crippen LogP contribution in [0.1, 0.15) is 38.8 Å². The molecular weight excluding hydrogens is 236 g/mol. The lowest BCUT2D eigenvalue weighted by Crippen LogP contribution is -2.42. The van der Waals surface area contributed by atoms with Crippen molar-refractivity contribution in [1.82, 2.24) is 5.32 Å². The van der Waals surface area contributed by atoms with Gasteiger partial charge in [-0.15, -0.1) is 0 Å². The molecule has 0 fully saturated rings. The maximum absolute atomic E-state index is 12.6. The van der Waals surface area contributed by atoms with Crippen LogP contribution in [0.25, 0.3) is 0 Å². The number of hydrogen-bond acceptors (Lipinski definition) is 2. The third kappa shape index (κ3) is 2.66. The molecule has 0 bridgehead atoms. The number of amides is 1. The molecule has 1 heterocycles. The number of carbonyl (C=O) groups is 1. The van der Waals surface area contributed by atoms with Crippen LogP contribution in [0, 0.1) is 11.8 Å². The van der Waals surface area contributed by atoms with Gasteiger partial charge in [0.2, 0.25) is 5.91 Å². The smallest absolute Gasteiger partial charge is 0.230 e. The predicted octanol–water partition coefficient (Wildman–Crippen LogP) is 2.98. The van der Waals surface area contributed by atoms with Gasteiger partial charge < -0.3 is 10.2 Å². The van der Waals surface area contributed by atoms with E-state index in [0.717, 1.165) is 18.7 Å². The lowest BCUT2D eigenvalue weighted by molar-refractivity contribution is -0.123. The molecule has 19 heavy (non-hydrogen) atoms. The summed E-state index contributed by atoms with van der Waals surface area (Å²) in [5.74, 6) is 0.692. The largest absolute Gasteiger partial charge is 0.313 e. The summed E-state index contributed by atoms with van der Waals surface area (Å²) >= 11 is 0. The van der Waals surface area contributed by atoms with Crippen LogP contribution in [0.2, 0.25) is 0 Å². The predicted molar refractivity (Wildman–Crippen MR) is 79.2 cm³/mol.